The van der Waals surface area contributed by atoms with E-state index in [9.17, 15) is 18.0 Å². The van der Waals surface area contributed by atoms with Crippen molar-refractivity contribution in [2.75, 3.05) is 11.5 Å². The first-order chi connectivity index (χ1) is 14.7. The molecule has 3 aromatic rings. The van der Waals surface area contributed by atoms with Crippen LogP contribution < -0.4 is 9.64 Å². The number of aromatic nitrogens is 4. The molecule has 7 nitrogen and oxygen atoms in total. The van der Waals surface area contributed by atoms with Crippen LogP contribution in [-0.4, -0.2) is 38.4 Å². The Morgan fingerprint density at radius 2 is 1.97 bits per heavy atom. The van der Waals surface area contributed by atoms with E-state index in [2.05, 4.69) is 15.2 Å². The molecule has 12 heteroatoms. The van der Waals surface area contributed by atoms with Crippen molar-refractivity contribution in [1.29, 1.82) is 0 Å². The molecule has 1 amide bonds. The highest BCUT2D eigenvalue weighted by Gasteiger charge is 2.32. The number of fused-ring (bicyclic) bond motifs is 1. The van der Waals surface area contributed by atoms with Crippen LogP contribution >= 0.6 is 23.2 Å². The highest BCUT2D eigenvalue weighted by atomic mass is 35.5. The van der Waals surface area contributed by atoms with Crippen molar-refractivity contribution in [3.05, 3.63) is 52.4 Å². The summed E-state index contributed by atoms with van der Waals surface area (Å²) >= 11 is 12.2. The molecule has 0 radical (unpaired) electrons. The molecule has 2 aromatic heterocycles. The third-order valence-electron chi connectivity index (χ3n) is 4.56. The van der Waals surface area contributed by atoms with E-state index >= 15 is 0 Å². The molecule has 1 aliphatic heterocycles. The number of anilines is 1. The van der Waals surface area contributed by atoms with E-state index in [0.717, 1.165) is 0 Å². The lowest BCUT2D eigenvalue weighted by atomic mass is 10.2. The number of amides is 1. The fourth-order valence-corrected chi connectivity index (χ4v) is 3.70. The minimum atomic E-state index is -4.38. The minimum absolute atomic E-state index is 0.149. The maximum absolute atomic E-state index is 12.9. The maximum atomic E-state index is 12.9. The van der Waals surface area contributed by atoms with E-state index in [1.165, 1.54) is 27.8 Å². The van der Waals surface area contributed by atoms with E-state index in [1.807, 2.05) is 0 Å². The van der Waals surface area contributed by atoms with Gasteiger partial charge in [0.25, 0.3) is 5.91 Å². The van der Waals surface area contributed by atoms with Crippen molar-refractivity contribution in [3.8, 4) is 17.3 Å². The van der Waals surface area contributed by atoms with Gasteiger partial charge in [-0.2, -0.15) is 13.2 Å². The van der Waals surface area contributed by atoms with Gasteiger partial charge in [0.05, 0.1) is 23.7 Å². The summed E-state index contributed by atoms with van der Waals surface area (Å²) in [6.45, 7) is -0.860. The standard InChI is InChI=1S/C19H14Cl2F3N5O2/c20-11-7-12(21)17-14(8-11)29(16(30)10-31-17)9-15-26-27-18(13-3-1-2-5-25-13)28(15)6-4-19(22,23)24/h1-3,5,7-8H,4,6,9-10H2. The molecular formula is C19H14Cl2F3N5O2. The summed E-state index contributed by atoms with van der Waals surface area (Å²) in [4.78, 5) is 18.0. The number of nitrogens with zero attached hydrogens (tertiary/aromatic N) is 5. The first-order valence-electron chi connectivity index (χ1n) is 9.05. The highest BCUT2D eigenvalue weighted by Crippen LogP contribution is 2.41. The van der Waals surface area contributed by atoms with Gasteiger partial charge < -0.3 is 9.30 Å². The highest BCUT2D eigenvalue weighted by molar-refractivity contribution is 6.36. The van der Waals surface area contributed by atoms with Gasteiger partial charge >= 0.3 is 6.18 Å². The third kappa shape index (κ3) is 4.59. The lowest BCUT2D eigenvalue weighted by Crippen LogP contribution is -2.39. The van der Waals surface area contributed by atoms with Gasteiger partial charge in [-0.25, -0.2) is 0 Å². The lowest BCUT2D eigenvalue weighted by molar-refractivity contribution is -0.136. The summed E-state index contributed by atoms with van der Waals surface area (Å²) in [6.07, 6.45) is -3.97. The molecule has 0 fully saturated rings. The molecule has 4 rings (SSSR count). The molecule has 0 spiro atoms. The number of ether oxygens (including phenoxy) is 1. The fraction of sp³-hybridized carbons (Fsp3) is 0.263. The van der Waals surface area contributed by atoms with Crippen molar-refractivity contribution >= 4 is 34.8 Å². The second kappa shape index (κ2) is 8.35. The summed E-state index contributed by atoms with van der Waals surface area (Å²) in [5.74, 6) is 0.166. The largest absolute Gasteiger partial charge is 0.480 e. The molecule has 0 aliphatic carbocycles. The molecule has 31 heavy (non-hydrogen) atoms. The molecule has 0 atom stereocenters. The first-order valence-corrected chi connectivity index (χ1v) is 9.81. The molecule has 0 saturated carbocycles. The Kier molecular flexibility index (Phi) is 5.76. The van der Waals surface area contributed by atoms with Crippen LogP contribution in [0.2, 0.25) is 10.0 Å². The molecule has 0 saturated heterocycles. The van der Waals surface area contributed by atoms with Crippen LogP contribution in [0.1, 0.15) is 12.2 Å². The van der Waals surface area contributed by atoms with Crippen molar-refractivity contribution < 1.29 is 22.7 Å². The summed E-state index contributed by atoms with van der Waals surface area (Å²) in [6, 6.07) is 7.96. The van der Waals surface area contributed by atoms with Gasteiger partial charge in [0, 0.05) is 17.8 Å². The Hall–Kier alpha value is -2.85. The number of carbonyl (C=O) groups excluding carboxylic acids is 1. The topological polar surface area (TPSA) is 73.1 Å². The number of benzene rings is 1. The van der Waals surface area contributed by atoms with E-state index in [0.29, 0.717) is 11.4 Å². The van der Waals surface area contributed by atoms with Crippen molar-refractivity contribution in [1.82, 2.24) is 19.7 Å². The van der Waals surface area contributed by atoms with Gasteiger partial charge in [-0.3, -0.25) is 14.7 Å². The summed E-state index contributed by atoms with van der Waals surface area (Å²) in [5, 5.41) is 8.57. The summed E-state index contributed by atoms with van der Waals surface area (Å²) in [5.41, 5.74) is 0.668. The van der Waals surface area contributed by atoms with Crippen molar-refractivity contribution in [2.45, 2.75) is 25.7 Å². The number of rotatable bonds is 5. The van der Waals surface area contributed by atoms with Crippen LogP contribution in [0.15, 0.2) is 36.5 Å². The molecule has 0 N–H and O–H groups in total. The molecule has 0 bridgehead atoms. The Morgan fingerprint density at radius 3 is 2.68 bits per heavy atom. The Labute approximate surface area is 184 Å². The predicted molar refractivity (Wildman–Crippen MR) is 107 cm³/mol. The number of halogens is 5. The SMILES string of the molecule is O=C1COc2c(Cl)cc(Cl)cc2N1Cc1nnc(-c2ccccn2)n1CCC(F)(F)F. The van der Waals surface area contributed by atoms with Crippen molar-refractivity contribution in [2.24, 2.45) is 0 Å². The van der Waals surface area contributed by atoms with E-state index in [-0.39, 0.29) is 40.6 Å². The molecule has 1 aromatic carbocycles. The number of hydrogen-bond acceptors (Lipinski definition) is 5. The van der Waals surface area contributed by atoms with E-state index in [4.69, 9.17) is 27.9 Å². The van der Waals surface area contributed by atoms with E-state index in [1.54, 1.807) is 18.2 Å². The van der Waals surface area contributed by atoms with Gasteiger partial charge in [0.2, 0.25) is 0 Å². The number of hydrogen-bond donors (Lipinski definition) is 0. The maximum Gasteiger partial charge on any atom is 0.390 e. The predicted octanol–water partition coefficient (Wildman–Crippen LogP) is 4.52. The number of carbonyl (C=O) groups is 1. The van der Waals surface area contributed by atoms with Crippen molar-refractivity contribution in [3.63, 3.8) is 0 Å². The van der Waals surface area contributed by atoms with Crippen LogP contribution in [0.3, 0.4) is 0 Å². The zero-order valence-electron chi connectivity index (χ0n) is 15.7. The summed E-state index contributed by atoms with van der Waals surface area (Å²) in [7, 11) is 0. The van der Waals surface area contributed by atoms with Gasteiger partial charge in [-0.15, -0.1) is 10.2 Å². The average molecular weight is 472 g/mol. The van der Waals surface area contributed by atoms with Crippen LogP contribution in [0.5, 0.6) is 5.75 Å². The molecule has 1 aliphatic rings. The number of alkyl halides is 3. The van der Waals surface area contributed by atoms with Gasteiger partial charge in [0.1, 0.15) is 5.69 Å². The average Bonchev–Trinajstić information content (AvgIpc) is 3.11. The zero-order valence-corrected chi connectivity index (χ0v) is 17.2. The third-order valence-corrected chi connectivity index (χ3v) is 5.06. The van der Waals surface area contributed by atoms with Crippen LogP contribution in [-0.2, 0) is 17.9 Å². The molecule has 0 unspecified atom stereocenters. The van der Waals surface area contributed by atoms with Crippen LogP contribution in [0.25, 0.3) is 11.5 Å². The zero-order chi connectivity index (χ0) is 22.2. The molecular weight excluding hydrogens is 458 g/mol. The van der Waals surface area contributed by atoms with Gasteiger partial charge in [-0.05, 0) is 24.3 Å². The normalized spacial score (nSPS) is 13.8. The monoisotopic (exact) mass is 471 g/mol. The van der Waals surface area contributed by atoms with Crippen LogP contribution in [0.4, 0.5) is 18.9 Å². The Bertz CT molecular complexity index is 1120. The second-order valence-corrected chi connectivity index (χ2v) is 7.52. The number of pyridine rings is 1. The fourth-order valence-electron chi connectivity index (χ4n) is 3.16. The van der Waals surface area contributed by atoms with Crippen LogP contribution in [0, 0.1) is 0 Å². The lowest BCUT2D eigenvalue weighted by Gasteiger charge is -2.30. The van der Waals surface area contributed by atoms with E-state index < -0.39 is 25.0 Å². The Morgan fingerprint density at radius 1 is 1.16 bits per heavy atom. The molecule has 3 heterocycles. The Balaban J connectivity index is 1.74. The molecule has 162 valence electrons. The second-order valence-electron chi connectivity index (χ2n) is 6.68. The quantitative estimate of drug-likeness (QED) is 0.546. The summed E-state index contributed by atoms with van der Waals surface area (Å²) < 4.78 is 45.5. The van der Waals surface area contributed by atoms with Gasteiger partial charge in [-0.1, -0.05) is 29.3 Å². The van der Waals surface area contributed by atoms with Gasteiger partial charge in [0.15, 0.2) is 24.0 Å². The smallest absolute Gasteiger partial charge is 0.390 e. The first kappa shape index (κ1) is 21.4. The minimum Gasteiger partial charge on any atom is -0.480 e.